The van der Waals surface area contributed by atoms with E-state index in [0.717, 1.165) is 5.56 Å². The van der Waals surface area contributed by atoms with Crippen LogP contribution in [-0.2, 0) is 0 Å². The predicted molar refractivity (Wildman–Crippen MR) is 67.9 cm³/mol. The van der Waals surface area contributed by atoms with Gasteiger partial charge in [-0.2, -0.15) is 0 Å². The van der Waals surface area contributed by atoms with Crippen molar-refractivity contribution in [1.82, 2.24) is 0 Å². The molecule has 1 heterocycles. The summed E-state index contributed by atoms with van der Waals surface area (Å²) in [5.74, 6) is -0.418. The summed E-state index contributed by atoms with van der Waals surface area (Å²) in [5.41, 5.74) is 1.08. The first-order valence-corrected chi connectivity index (χ1v) is 5.53. The monoisotopic (exact) mass is 240 g/mol. The van der Waals surface area contributed by atoms with Gasteiger partial charge < -0.3 is 4.42 Å². The van der Waals surface area contributed by atoms with E-state index in [0.29, 0.717) is 10.9 Å². The van der Waals surface area contributed by atoms with Crippen LogP contribution in [0, 0.1) is 5.82 Å². The lowest BCUT2D eigenvalue weighted by Gasteiger charge is -2.02. The fourth-order valence-electron chi connectivity index (χ4n) is 1.90. The normalized spacial score (nSPS) is 10.7. The summed E-state index contributed by atoms with van der Waals surface area (Å²) in [6, 6.07) is 15.1. The number of hydrogen-bond donors (Lipinski definition) is 0. The fourth-order valence-corrected chi connectivity index (χ4v) is 1.90. The first-order valence-electron chi connectivity index (χ1n) is 5.53. The number of benzene rings is 2. The minimum Gasteiger partial charge on any atom is -0.422 e. The maximum Gasteiger partial charge on any atom is 0.344 e. The standard InChI is InChI=1S/C15H9FO2/c16-12-7-6-11-8-13(10-4-2-1-3-5-10)15(17)18-14(11)9-12/h1-9H. The molecule has 88 valence electrons. The molecule has 0 unspecified atom stereocenters. The summed E-state index contributed by atoms with van der Waals surface area (Å²) < 4.78 is 18.2. The van der Waals surface area contributed by atoms with Gasteiger partial charge in [-0.05, 0) is 23.8 Å². The molecule has 0 saturated carbocycles. The van der Waals surface area contributed by atoms with Gasteiger partial charge in [0.05, 0.1) is 5.56 Å². The predicted octanol–water partition coefficient (Wildman–Crippen LogP) is 3.60. The molecule has 1 aromatic heterocycles. The van der Waals surface area contributed by atoms with Gasteiger partial charge in [0.2, 0.25) is 0 Å². The van der Waals surface area contributed by atoms with Gasteiger partial charge in [0.15, 0.2) is 0 Å². The number of rotatable bonds is 1. The van der Waals surface area contributed by atoms with Crippen LogP contribution in [0.5, 0.6) is 0 Å². The minimum absolute atomic E-state index is 0.264. The SMILES string of the molecule is O=c1oc2cc(F)ccc2cc1-c1ccccc1. The molecule has 0 atom stereocenters. The molecule has 0 aliphatic carbocycles. The zero-order chi connectivity index (χ0) is 12.5. The second kappa shape index (κ2) is 4.11. The van der Waals surface area contributed by atoms with Crippen LogP contribution in [0.4, 0.5) is 4.39 Å². The Bertz CT molecular complexity index is 760. The second-order valence-electron chi connectivity index (χ2n) is 4.00. The Morgan fingerprint density at radius 1 is 0.944 bits per heavy atom. The van der Waals surface area contributed by atoms with E-state index in [2.05, 4.69) is 0 Å². The molecule has 0 spiro atoms. The maximum atomic E-state index is 13.0. The maximum absolute atomic E-state index is 13.0. The Kier molecular flexibility index (Phi) is 2.45. The van der Waals surface area contributed by atoms with E-state index in [1.165, 1.54) is 12.1 Å². The lowest BCUT2D eigenvalue weighted by Crippen LogP contribution is -2.02. The van der Waals surface area contributed by atoms with Crippen molar-refractivity contribution in [2.24, 2.45) is 0 Å². The third kappa shape index (κ3) is 1.80. The summed E-state index contributed by atoms with van der Waals surface area (Å²) in [6.07, 6.45) is 0. The molecule has 0 N–H and O–H groups in total. The van der Waals surface area contributed by atoms with Crippen LogP contribution in [-0.4, -0.2) is 0 Å². The summed E-state index contributed by atoms with van der Waals surface area (Å²) in [5, 5.41) is 0.704. The highest BCUT2D eigenvalue weighted by molar-refractivity contribution is 5.81. The Hall–Kier alpha value is -2.42. The van der Waals surface area contributed by atoms with Crippen molar-refractivity contribution in [2.45, 2.75) is 0 Å². The average molecular weight is 240 g/mol. The molecule has 0 bridgehead atoms. The third-order valence-electron chi connectivity index (χ3n) is 2.78. The first kappa shape index (κ1) is 10.7. The minimum atomic E-state index is -0.459. The summed E-state index contributed by atoms with van der Waals surface area (Å²) >= 11 is 0. The van der Waals surface area contributed by atoms with Crippen molar-refractivity contribution in [3.05, 3.63) is 70.8 Å². The van der Waals surface area contributed by atoms with E-state index in [-0.39, 0.29) is 5.58 Å². The Labute approximate surface area is 102 Å². The van der Waals surface area contributed by atoms with Crippen molar-refractivity contribution in [1.29, 1.82) is 0 Å². The average Bonchev–Trinajstić information content (AvgIpc) is 2.39. The molecular weight excluding hydrogens is 231 g/mol. The lowest BCUT2D eigenvalue weighted by molar-refractivity contribution is 0.556. The van der Waals surface area contributed by atoms with Gasteiger partial charge in [-0.1, -0.05) is 30.3 Å². The second-order valence-corrected chi connectivity index (χ2v) is 4.00. The molecule has 18 heavy (non-hydrogen) atoms. The Morgan fingerprint density at radius 2 is 1.72 bits per heavy atom. The van der Waals surface area contributed by atoms with Crippen molar-refractivity contribution in [2.75, 3.05) is 0 Å². The summed E-state index contributed by atoms with van der Waals surface area (Å²) in [4.78, 5) is 11.9. The van der Waals surface area contributed by atoms with Crippen LogP contribution in [0.25, 0.3) is 22.1 Å². The van der Waals surface area contributed by atoms with Gasteiger partial charge in [0, 0.05) is 11.5 Å². The van der Waals surface area contributed by atoms with Crippen molar-refractivity contribution in [3.8, 4) is 11.1 Å². The van der Waals surface area contributed by atoms with Gasteiger partial charge >= 0.3 is 5.63 Å². The molecule has 0 fully saturated rings. The van der Waals surface area contributed by atoms with Gasteiger partial charge in [0.25, 0.3) is 0 Å². The number of halogens is 1. The molecule has 3 aromatic rings. The molecule has 3 rings (SSSR count). The molecule has 2 aromatic carbocycles. The Balaban J connectivity index is 2.29. The first-order chi connectivity index (χ1) is 8.74. The molecule has 2 nitrogen and oxygen atoms in total. The fraction of sp³-hybridized carbons (Fsp3) is 0. The van der Waals surface area contributed by atoms with Gasteiger partial charge in [-0.25, -0.2) is 9.18 Å². The van der Waals surface area contributed by atoms with Crippen LogP contribution in [0.2, 0.25) is 0 Å². The van der Waals surface area contributed by atoms with Crippen molar-refractivity contribution >= 4 is 11.0 Å². The Morgan fingerprint density at radius 3 is 2.50 bits per heavy atom. The quantitative estimate of drug-likeness (QED) is 0.608. The van der Waals surface area contributed by atoms with Crippen molar-refractivity contribution < 1.29 is 8.81 Å². The zero-order valence-corrected chi connectivity index (χ0v) is 9.39. The molecule has 0 radical (unpaired) electrons. The molecular formula is C15H9FO2. The van der Waals surface area contributed by atoms with Crippen LogP contribution < -0.4 is 5.63 Å². The third-order valence-corrected chi connectivity index (χ3v) is 2.78. The molecule has 0 aliphatic rings. The van der Waals surface area contributed by atoms with Crippen LogP contribution in [0.15, 0.2) is 63.8 Å². The molecule has 0 amide bonds. The van der Waals surface area contributed by atoms with Gasteiger partial charge in [-0.15, -0.1) is 0 Å². The summed E-state index contributed by atoms with van der Waals surface area (Å²) in [6.45, 7) is 0. The van der Waals surface area contributed by atoms with E-state index in [1.807, 2.05) is 30.3 Å². The zero-order valence-electron chi connectivity index (χ0n) is 9.39. The number of hydrogen-bond acceptors (Lipinski definition) is 2. The highest BCUT2D eigenvalue weighted by Crippen LogP contribution is 2.21. The van der Waals surface area contributed by atoms with Crippen molar-refractivity contribution in [3.63, 3.8) is 0 Å². The molecule has 0 aliphatic heterocycles. The lowest BCUT2D eigenvalue weighted by atomic mass is 10.1. The van der Waals surface area contributed by atoms with Crippen LogP contribution >= 0.6 is 0 Å². The highest BCUT2D eigenvalue weighted by atomic mass is 19.1. The van der Waals surface area contributed by atoms with E-state index >= 15 is 0 Å². The van der Waals surface area contributed by atoms with E-state index < -0.39 is 11.4 Å². The van der Waals surface area contributed by atoms with Gasteiger partial charge in [-0.3, -0.25) is 0 Å². The summed E-state index contributed by atoms with van der Waals surface area (Å²) in [7, 11) is 0. The highest BCUT2D eigenvalue weighted by Gasteiger charge is 2.07. The number of fused-ring (bicyclic) bond motifs is 1. The van der Waals surface area contributed by atoms with Crippen LogP contribution in [0.3, 0.4) is 0 Å². The molecule has 3 heteroatoms. The largest absolute Gasteiger partial charge is 0.422 e. The molecule has 0 saturated heterocycles. The topological polar surface area (TPSA) is 30.2 Å². The van der Waals surface area contributed by atoms with Gasteiger partial charge in [0.1, 0.15) is 11.4 Å². The van der Waals surface area contributed by atoms with E-state index in [4.69, 9.17) is 4.42 Å². The smallest absolute Gasteiger partial charge is 0.344 e. The van der Waals surface area contributed by atoms with Crippen LogP contribution in [0.1, 0.15) is 0 Å². The van der Waals surface area contributed by atoms with E-state index in [9.17, 15) is 9.18 Å². The van der Waals surface area contributed by atoms with E-state index in [1.54, 1.807) is 12.1 Å².